The lowest BCUT2D eigenvalue weighted by Gasteiger charge is -2.31. The van der Waals surface area contributed by atoms with E-state index in [9.17, 15) is 14.0 Å². The van der Waals surface area contributed by atoms with Crippen LogP contribution in [0.4, 0.5) is 15.2 Å². The minimum absolute atomic E-state index is 0.0607. The smallest absolute Gasteiger partial charge is 0.246 e. The molecule has 1 aliphatic heterocycles. The van der Waals surface area contributed by atoms with Gasteiger partial charge in [-0.3, -0.25) is 14.5 Å². The van der Waals surface area contributed by atoms with Crippen LogP contribution in [0.3, 0.4) is 0 Å². The number of hydrogen-bond acceptors (Lipinski definition) is 4. The number of nitrogens with zero attached hydrogens (tertiary/aromatic N) is 3. The number of benzene rings is 2. The molecule has 0 radical (unpaired) electrons. The molecule has 0 unspecified atom stereocenters. The van der Waals surface area contributed by atoms with E-state index in [0.717, 1.165) is 18.4 Å². The number of carbonyl (C=O) groups excluding carboxylic acids is 2. The van der Waals surface area contributed by atoms with Gasteiger partial charge in [-0.25, -0.2) is 9.37 Å². The summed E-state index contributed by atoms with van der Waals surface area (Å²) in [5.41, 5.74) is 3.17. The molecule has 4 aromatic rings. The van der Waals surface area contributed by atoms with Crippen LogP contribution in [0.15, 0.2) is 66.2 Å². The molecular formula is C27H25FN4O2S. The van der Waals surface area contributed by atoms with Gasteiger partial charge in [0, 0.05) is 48.6 Å². The number of halogens is 1. The molecule has 1 saturated heterocycles. The van der Waals surface area contributed by atoms with E-state index in [-0.39, 0.29) is 17.5 Å². The molecule has 0 saturated carbocycles. The van der Waals surface area contributed by atoms with Gasteiger partial charge in [0.1, 0.15) is 5.82 Å². The van der Waals surface area contributed by atoms with Gasteiger partial charge < -0.3 is 9.88 Å². The van der Waals surface area contributed by atoms with Crippen LogP contribution in [0.1, 0.15) is 36.9 Å². The zero-order valence-electron chi connectivity index (χ0n) is 19.3. The number of amides is 2. The second kappa shape index (κ2) is 9.84. The third-order valence-corrected chi connectivity index (χ3v) is 7.22. The van der Waals surface area contributed by atoms with Gasteiger partial charge in [-0.1, -0.05) is 30.3 Å². The van der Waals surface area contributed by atoms with Crippen LogP contribution >= 0.6 is 11.3 Å². The normalized spacial score (nSPS) is 14.6. The Balaban J connectivity index is 1.23. The monoisotopic (exact) mass is 488 g/mol. The van der Waals surface area contributed by atoms with Crippen molar-refractivity contribution in [1.29, 1.82) is 0 Å². The quantitative estimate of drug-likeness (QED) is 0.357. The van der Waals surface area contributed by atoms with Gasteiger partial charge in [0.05, 0.1) is 11.4 Å². The van der Waals surface area contributed by atoms with Crippen molar-refractivity contribution in [1.82, 2.24) is 14.9 Å². The molecule has 0 bridgehead atoms. The van der Waals surface area contributed by atoms with Crippen molar-refractivity contribution in [3.8, 4) is 0 Å². The summed E-state index contributed by atoms with van der Waals surface area (Å²) in [6, 6.07) is 14.4. The molecule has 8 heteroatoms. The van der Waals surface area contributed by atoms with Crippen molar-refractivity contribution in [2.24, 2.45) is 0 Å². The summed E-state index contributed by atoms with van der Waals surface area (Å²) in [6.45, 7) is 2.76. The number of H-pyrrole nitrogens is 1. The van der Waals surface area contributed by atoms with Crippen LogP contribution in [0.5, 0.6) is 0 Å². The number of rotatable bonds is 5. The Bertz CT molecular complexity index is 1400. The van der Waals surface area contributed by atoms with Crippen molar-refractivity contribution in [2.45, 2.75) is 25.7 Å². The molecule has 3 heterocycles. The predicted octanol–water partition coefficient (Wildman–Crippen LogP) is 5.87. The summed E-state index contributed by atoms with van der Waals surface area (Å²) in [5, 5.41) is 3.36. The summed E-state index contributed by atoms with van der Waals surface area (Å²) in [4.78, 5) is 35.9. The van der Waals surface area contributed by atoms with E-state index in [2.05, 4.69) is 34.4 Å². The first kappa shape index (κ1) is 23.0. The molecule has 178 valence electrons. The minimum atomic E-state index is -0.499. The molecule has 2 aromatic carbocycles. The second-order valence-electron chi connectivity index (χ2n) is 8.58. The number of hydrogen-bond donors (Lipinski definition) is 1. The molecule has 0 spiro atoms. The highest BCUT2D eigenvalue weighted by atomic mass is 32.1. The van der Waals surface area contributed by atoms with Gasteiger partial charge in [-0.15, -0.1) is 11.3 Å². The van der Waals surface area contributed by atoms with Gasteiger partial charge >= 0.3 is 0 Å². The van der Waals surface area contributed by atoms with E-state index in [4.69, 9.17) is 0 Å². The highest BCUT2D eigenvalue weighted by Crippen LogP contribution is 2.34. The average Bonchev–Trinajstić information content (AvgIpc) is 3.51. The Kier molecular flexibility index (Phi) is 6.46. The van der Waals surface area contributed by atoms with Crippen molar-refractivity contribution < 1.29 is 14.0 Å². The van der Waals surface area contributed by atoms with Crippen LogP contribution in [0, 0.1) is 5.82 Å². The fraction of sp³-hybridized carbons (Fsp3) is 0.222. The summed E-state index contributed by atoms with van der Waals surface area (Å²) in [7, 11) is 0. The fourth-order valence-corrected chi connectivity index (χ4v) is 5.45. The van der Waals surface area contributed by atoms with Crippen LogP contribution in [0.2, 0.25) is 0 Å². The fourth-order valence-electron chi connectivity index (χ4n) is 4.60. The number of aromatic nitrogens is 2. The summed E-state index contributed by atoms with van der Waals surface area (Å²) < 4.78 is 14.3. The van der Waals surface area contributed by atoms with Gasteiger partial charge in [0.2, 0.25) is 11.8 Å². The highest BCUT2D eigenvalue weighted by molar-refractivity contribution is 7.14. The number of fused-ring (bicyclic) bond motifs is 1. The molecule has 1 fully saturated rings. The summed E-state index contributed by atoms with van der Waals surface area (Å²) in [6.07, 6.45) is 7.09. The third-order valence-electron chi connectivity index (χ3n) is 6.37. The molecule has 1 aliphatic rings. The number of likely N-dealkylation sites (tertiary alicyclic amines) is 1. The first-order valence-electron chi connectivity index (χ1n) is 11.5. The highest BCUT2D eigenvalue weighted by Gasteiger charge is 2.25. The first-order chi connectivity index (χ1) is 17.0. The van der Waals surface area contributed by atoms with Crippen molar-refractivity contribution in [3.05, 3.63) is 83.3 Å². The van der Waals surface area contributed by atoms with Gasteiger partial charge in [0.15, 0.2) is 5.13 Å². The Morgan fingerprint density at radius 1 is 1.14 bits per heavy atom. The molecule has 6 nitrogen and oxygen atoms in total. The zero-order valence-corrected chi connectivity index (χ0v) is 20.1. The number of aromatic amines is 1. The van der Waals surface area contributed by atoms with E-state index in [1.807, 2.05) is 11.0 Å². The number of anilines is 2. The Morgan fingerprint density at radius 2 is 1.89 bits per heavy atom. The molecule has 35 heavy (non-hydrogen) atoms. The van der Waals surface area contributed by atoms with Crippen molar-refractivity contribution in [2.75, 3.05) is 18.0 Å². The number of para-hydroxylation sites is 2. The summed E-state index contributed by atoms with van der Waals surface area (Å²) >= 11 is 1.22. The van der Waals surface area contributed by atoms with Crippen molar-refractivity contribution >= 4 is 50.9 Å². The number of thiazole rings is 1. The van der Waals surface area contributed by atoms with Crippen LogP contribution in [-0.4, -0.2) is 39.8 Å². The summed E-state index contributed by atoms with van der Waals surface area (Å²) in [5.74, 6) is -0.471. The second-order valence-corrected chi connectivity index (χ2v) is 9.42. The SMILES string of the molecule is CC(=O)N(c1nc(/C=C/C(=O)N2CCC(c3c[nH]c4ccccc34)CC2)cs1)c1ccccc1F. The third kappa shape index (κ3) is 4.74. The Labute approximate surface area is 206 Å². The Morgan fingerprint density at radius 3 is 2.66 bits per heavy atom. The molecule has 2 aromatic heterocycles. The minimum Gasteiger partial charge on any atom is -0.361 e. The lowest BCUT2D eigenvalue weighted by Crippen LogP contribution is -2.36. The molecule has 0 atom stereocenters. The standard InChI is InChI=1S/C27H25FN4O2S/c1-18(33)32(25-9-5-3-7-23(25)28)27-30-20(17-35-27)10-11-26(34)31-14-12-19(13-15-31)22-16-29-24-8-4-2-6-21(22)24/h2-11,16-17,19,29H,12-15H2,1H3/b11-10+. The Hall–Kier alpha value is -3.78. The molecule has 5 rings (SSSR count). The van der Waals surface area contributed by atoms with E-state index in [1.54, 1.807) is 23.6 Å². The maximum atomic E-state index is 14.3. The van der Waals surface area contributed by atoms with E-state index >= 15 is 0 Å². The van der Waals surface area contributed by atoms with Gasteiger partial charge in [-0.2, -0.15) is 0 Å². The zero-order chi connectivity index (χ0) is 24.4. The van der Waals surface area contributed by atoms with E-state index in [0.29, 0.717) is 29.8 Å². The van der Waals surface area contributed by atoms with Crippen LogP contribution < -0.4 is 4.90 Å². The molecular weight excluding hydrogens is 463 g/mol. The predicted molar refractivity (Wildman–Crippen MR) is 137 cm³/mol. The average molecular weight is 489 g/mol. The van der Waals surface area contributed by atoms with Crippen LogP contribution in [0.25, 0.3) is 17.0 Å². The first-order valence-corrected chi connectivity index (χ1v) is 12.4. The van der Waals surface area contributed by atoms with Crippen LogP contribution in [-0.2, 0) is 9.59 Å². The van der Waals surface area contributed by atoms with Gasteiger partial charge in [0.25, 0.3) is 0 Å². The lowest BCUT2D eigenvalue weighted by atomic mass is 9.89. The van der Waals surface area contributed by atoms with E-state index in [1.165, 1.54) is 52.3 Å². The van der Waals surface area contributed by atoms with Crippen molar-refractivity contribution in [3.63, 3.8) is 0 Å². The maximum absolute atomic E-state index is 14.3. The molecule has 1 N–H and O–H groups in total. The number of carbonyl (C=O) groups is 2. The largest absolute Gasteiger partial charge is 0.361 e. The molecule has 2 amide bonds. The van der Waals surface area contributed by atoms with Gasteiger partial charge in [-0.05, 0) is 48.6 Å². The lowest BCUT2D eigenvalue weighted by molar-refractivity contribution is -0.127. The number of piperidine rings is 1. The maximum Gasteiger partial charge on any atom is 0.246 e. The van der Waals surface area contributed by atoms with E-state index < -0.39 is 5.82 Å². The molecule has 0 aliphatic carbocycles. The number of nitrogens with one attached hydrogen (secondary N) is 1. The topological polar surface area (TPSA) is 69.3 Å².